The molecule has 0 radical (unpaired) electrons. The minimum absolute atomic E-state index is 0.374. The molecule has 6 heteroatoms. The molecule has 0 spiro atoms. The van der Waals surface area contributed by atoms with E-state index in [0.717, 1.165) is 0 Å². The molecule has 1 aromatic carbocycles. The van der Waals surface area contributed by atoms with Gasteiger partial charge in [0.1, 0.15) is 23.7 Å². The van der Waals surface area contributed by atoms with Gasteiger partial charge in [0.15, 0.2) is 0 Å². The van der Waals surface area contributed by atoms with Gasteiger partial charge in [-0.15, -0.1) is 0 Å². The van der Waals surface area contributed by atoms with Gasteiger partial charge in [-0.05, 0) is 12.1 Å². The first-order chi connectivity index (χ1) is 9.15. The number of hydrogen-bond donors (Lipinski definition) is 1. The number of aliphatic hydroxyl groups is 1. The van der Waals surface area contributed by atoms with Crippen LogP contribution in [0.3, 0.4) is 0 Å². The average Bonchev–Trinajstić information content (AvgIpc) is 2.83. The molecule has 0 bridgehead atoms. The molecule has 0 aliphatic rings. The summed E-state index contributed by atoms with van der Waals surface area (Å²) in [7, 11) is 4.94. The van der Waals surface area contributed by atoms with Gasteiger partial charge in [0.05, 0.1) is 20.3 Å². The lowest BCUT2D eigenvalue weighted by atomic mass is 10.0. The summed E-state index contributed by atoms with van der Waals surface area (Å²) < 4.78 is 12.0. The molecule has 2 rings (SSSR count). The van der Waals surface area contributed by atoms with E-state index in [-0.39, 0.29) is 0 Å². The molecule has 19 heavy (non-hydrogen) atoms. The van der Waals surface area contributed by atoms with Gasteiger partial charge >= 0.3 is 0 Å². The zero-order valence-electron chi connectivity index (χ0n) is 11.2. The topological polar surface area (TPSA) is 69.4 Å². The van der Waals surface area contributed by atoms with Crippen LogP contribution < -0.4 is 9.47 Å². The Labute approximate surface area is 111 Å². The van der Waals surface area contributed by atoms with Crippen molar-refractivity contribution in [1.82, 2.24) is 14.8 Å². The maximum atomic E-state index is 10.3. The molecule has 1 heterocycles. The van der Waals surface area contributed by atoms with E-state index < -0.39 is 6.10 Å². The Morgan fingerprint density at radius 2 is 2.11 bits per heavy atom. The maximum absolute atomic E-state index is 10.3. The zero-order valence-corrected chi connectivity index (χ0v) is 11.2. The van der Waals surface area contributed by atoms with E-state index in [1.165, 1.54) is 6.33 Å². The molecule has 0 amide bonds. The van der Waals surface area contributed by atoms with Crippen LogP contribution in [0.15, 0.2) is 24.5 Å². The largest absolute Gasteiger partial charge is 0.497 e. The number of aryl methyl sites for hydroxylation is 1. The fraction of sp³-hybridized carbons (Fsp3) is 0.385. The molecule has 1 N–H and O–H groups in total. The van der Waals surface area contributed by atoms with Crippen molar-refractivity contribution >= 4 is 0 Å². The summed E-state index contributed by atoms with van der Waals surface area (Å²) in [5.74, 6) is 1.99. The van der Waals surface area contributed by atoms with E-state index in [1.54, 1.807) is 44.1 Å². The monoisotopic (exact) mass is 263 g/mol. The van der Waals surface area contributed by atoms with Gasteiger partial charge in [0.2, 0.25) is 0 Å². The first kappa shape index (κ1) is 13.4. The summed E-state index contributed by atoms with van der Waals surface area (Å²) in [5.41, 5.74) is 0.700. The summed E-state index contributed by atoms with van der Waals surface area (Å²) >= 11 is 0. The first-order valence-corrected chi connectivity index (χ1v) is 5.88. The summed E-state index contributed by atoms with van der Waals surface area (Å²) in [6.07, 6.45) is 1.13. The van der Waals surface area contributed by atoms with Crippen LogP contribution in [0.25, 0.3) is 0 Å². The van der Waals surface area contributed by atoms with E-state index in [9.17, 15) is 5.11 Å². The lowest BCUT2D eigenvalue weighted by molar-refractivity contribution is 0.170. The van der Waals surface area contributed by atoms with Crippen LogP contribution in [0.2, 0.25) is 0 Å². The van der Waals surface area contributed by atoms with Crippen molar-refractivity contribution in [1.29, 1.82) is 0 Å². The van der Waals surface area contributed by atoms with Crippen molar-refractivity contribution in [3.8, 4) is 11.5 Å². The second kappa shape index (κ2) is 5.71. The van der Waals surface area contributed by atoms with Gasteiger partial charge in [-0.2, -0.15) is 5.10 Å². The van der Waals surface area contributed by atoms with Crippen molar-refractivity contribution in [2.75, 3.05) is 14.2 Å². The highest BCUT2D eigenvalue weighted by molar-refractivity contribution is 5.42. The van der Waals surface area contributed by atoms with Crippen molar-refractivity contribution in [3.63, 3.8) is 0 Å². The van der Waals surface area contributed by atoms with Gasteiger partial charge in [-0.1, -0.05) is 0 Å². The molecule has 0 aliphatic heterocycles. The maximum Gasteiger partial charge on any atom is 0.138 e. The Morgan fingerprint density at radius 1 is 1.32 bits per heavy atom. The van der Waals surface area contributed by atoms with Gasteiger partial charge in [0, 0.05) is 25.1 Å². The number of benzene rings is 1. The third kappa shape index (κ3) is 2.85. The Bertz CT molecular complexity index is 554. The normalized spacial score (nSPS) is 12.2. The van der Waals surface area contributed by atoms with Gasteiger partial charge < -0.3 is 14.6 Å². The van der Waals surface area contributed by atoms with Crippen molar-refractivity contribution in [3.05, 3.63) is 35.9 Å². The third-order valence-corrected chi connectivity index (χ3v) is 2.98. The Hall–Kier alpha value is -2.08. The smallest absolute Gasteiger partial charge is 0.138 e. The van der Waals surface area contributed by atoms with Crippen molar-refractivity contribution in [2.45, 2.75) is 12.5 Å². The zero-order chi connectivity index (χ0) is 13.8. The fourth-order valence-electron chi connectivity index (χ4n) is 1.88. The molecule has 0 aliphatic carbocycles. The number of ether oxygens (including phenoxy) is 2. The molecule has 1 atom stereocenters. The van der Waals surface area contributed by atoms with E-state index >= 15 is 0 Å². The van der Waals surface area contributed by atoms with E-state index in [0.29, 0.717) is 29.3 Å². The summed E-state index contributed by atoms with van der Waals surface area (Å²) in [6, 6.07) is 5.33. The highest BCUT2D eigenvalue weighted by atomic mass is 16.5. The van der Waals surface area contributed by atoms with Crippen LogP contribution in [0.5, 0.6) is 11.5 Å². The van der Waals surface area contributed by atoms with Crippen LogP contribution >= 0.6 is 0 Å². The number of hydrogen-bond acceptors (Lipinski definition) is 5. The van der Waals surface area contributed by atoms with Crippen molar-refractivity contribution < 1.29 is 14.6 Å². The predicted molar refractivity (Wildman–Crippen MR) is 69.2 cm³/mol. The second-order valence-corrected chi connectivity index (χ2v) is 4.13. The number of aliphatic hydroxyl groups excluding tert-OH is 1. The predicted octanol–water partition coefficient (Wildman–Crippen LogP) is 1.11. The van der Waals surface area contributed by atoms with E-state index in [1.807, 2.05) is 0 Å². The minimum atomic E-state index is -0.705. The Morgan fingerprint density at radius 3 is 2.68 bits per heavy atom. The molecule has 102 valence electrons. The second-order valence-electron chi connectivity index (χ2n) is 4.13. The lowest BCUT2D eigenvalue weighted by Gasteiger charge is -2.15. The fourth-order valence-corrected chi connectivity index (χ4v) is 1.88. The highest BCUT2D eigenvalue weighted by Gasteiger charge is 2.17. The molecular weight excluding hydrogens is 246 g/mol. The van der Waals surface area contributed by atoms with Crippen LogP contribution in [0.4, 0.5) is 0 Å². The number of aromatic nitrogens is 3. The standard InChI is InChI=1S/C13H17N3O3/c1-16-13(14-8-15-16)7-11(17)10-5-4-9(18-2)6-12(10)19-3/h4-6,8,11,17H,7H2,1-3H3. The average molecular weight is 263 g/mol. The van der Waals surface area contributed by atoms with Crippen LogP contribution in [-0.2, 0) is 13.5 Å². The SMILES string of the molecule is COc1ccc(C(O)Cc2ncnn2C)c(OC)c1. The number of rotatable bonds is 5. The van der Waals surface area contributed by atoms with Gasteiger partial charge in [0.25, 0.3) is 0 Å². The number of nitrogens with zero attached hydrogens (tertiary/aromatic N) is 3. The van der Waals surface area contributed by atoms with Crippen molar-refractivity contribution in [2.24, 2.45) is 7.05 Å². The third-order valence-electron chi connectivity index (χ3n) is 2.98. The van der Waals surface area contributed by atoms with E-state index in [2.05, 4.69) is 10.1 Å². The molecule has 0 saturated heterocycles. The minimum Gasteiger partial charge on any atom is -0.497 e. The molecule has 1 aromatic heterocycles. The Kier molecular flexibility index (Phi) is 4.01. The molecule has 0 saturated carbocycles. The van der Waals surface area contributed by atoms with E-state index in [4.69, 9.17) is 9.47 Å². The highest BCUT2D eigenvalue weighted by Crippen LogP contribution is 2.30. The molecule has 1 unspecified atom stereocenters. The molecule has 0 fully saturated rings. The molecule has 2 aromatic rings. The van der Waals surface area contributed by atoms with Crippen LogP contribution in [0.1, 0.15) is 17.5 Å². The summed E-state index contributed by atoms with van der Waals surface area (Å²) in [6.45, 7) is 0. The molecule has 6 nitrogen and oxygen atoms in total. The Balaban J connectivity index is 2.23. The summed E-state index contributed by atoms with van der Waals surface area (Å²) in [5, 5.41) is 14.3. The van der Waals surface area contributed by atoms with Crippen LogP contribution in [-0.4, -0.2) is 34.1 Å². The first-order valence-electron chi connectivity index (χ1n) is 5.88. The lowest BCUT2D eigenvalue weighted by Crippen LogP contribution is -2.09. The van der Waals surface area contributed by atoms with Gasteiger partial charge in [-0.3, -0.25) is 4.68 Å². The molecular formula is C13H17N3O3. The summed E-state index contributed by atoms with van der Waals surface area (Å²) in [4.78, 5) is 4.10. The quantitative estimate of drug-likeness (QED) is 0.875. The van der Waals surface area contributed by atoms with Crippen LogP contribution in [0, 0.1) is 0 Å². The van der Waals surface area contributed by atoms with Gasteiger partial charge in [-0.25, -0.2) is 4.98 Å². The number of methoxy groups -OCH3 is 2.